The van der Waals surface area contributed by atoms with Gasteiger partial charge in [-0.15, -0.1) is 0 Å². The quantitative estimate of drug-likeness (QED) is 0.639. The van der Waals surface area contributed by atoms with Gasteiger partial charge in [0.05, 0.1) is 0 Å². The number of nitrogens with zero attached hydrogens (tertiary/aromatic N) is 1. The van der Waals surface area contributed by atoms with E-state index in [2.05, 4.69) is 4.98 Å². The van der Waals surface area contributed by atoms with Crippen LogP contribution in [0.3, 0.4) is 0 Å². The number of aromatic nitrogens is 1. The molecule has 0 aliphatic rings. The fourth-order valence-corrected chi connectivity index (χ4v) is 0.984. The predicted octanol–water partition coefficient (Wildman–Crippen LogP) is -0.647. The van der Waals surface area contributed by atoms with Crippen LogP contribution in [0.5, 0.6) is 5.75 Å². The Bertz CT molecular complexity index is 460. The standard InChI is InChI=1S/C9H9N3O5/c10-9(16)12-6(13)4-17-5-2-1-3-11-7(5)8(14)15/h1-3H,4H2,(H,14,15)(H3,10,12,13,16). The summed E-state index contributed by atoms with van der Waals surface area (Å²) >= 11 is 0. The largest absolute Gasteiger partial charge is 0.481 e. The summed E-state index contributed by atoms with van der Waals surface area (Å²) in [7, 11) is 0. The zero-order valence-corrected chi connectivity index (χ0v) is 8.54. The number of pyridine rings is 1. The molecule has 0 unspecified atom stereocenters. The molecular formula is C9H9N3O5. The van der Waals surface area contributed by atoms with Crippen LogP contribution in [0.2, 0.25) is 0 Å². The average molecular weight is 239 g/mol. The Hall–Kier alpha value is -2.64. The van der Waals surface area contributed by atoms with Gasteiger partial charge in [-0.2, -0.15) is 0 Å². The van der Waals surface area contributed by atoms with Crippen molar-refractivity contribution in [3.8, 4) is 5.75 Å². The van der Waals surface area contributed by atoms with E-state index in [0.717, 1.165) is 0 Å². The molecule has 1 heterocycles. The molecular weight excluding hydrogens is 230 g/mol. The van der Waals surface area contributed by atoms with E-state index in [9.17, 15) is 14.4 Å². The summed E-state index contributed by atoms with van der Waals surface area (Å²) in [5.41, 5.74) is 4.39. The van der Waals surface area contributed by atoms with E-state index < -0.39 is 24.5 Å². The molecule has 0 spiro atoms. The zero-order chi connectivity index (χ0) is 12.8. The minimum atomic E-state index is -1.28. The third-order valence-corrected chi connectivity index (χ3v) is 1.59. The molecule has 8 nitrogen and oxygen atoms in total. The Morgan fingerprint density at radius 3 is 2.76 bits per heavy atom. The molecule has 0 bridgehead atoms. The lowest BCUT2D eigenvalue weighted by Crippen LogP contribution is -2.38. The van der Waals surface area contributed by atoms with Gasteiger partial charge in [0.1, 0.15) is 0 Å². The van der Waals surface area contributed by atoms with Gasteiger partial charge in [0.15, 0.2) is 18.1 Å². The summed E-state index contributed by atoms with van der Waals surface area (Å²) in [6, 6.07) is 1.78. The molecule has 90 valence electrons. The van der Waals surface area contributed by atoms with Gasteiger partial charge in [0, 0.05) is 6.20 Å². The molecule has 1 aromatic rings. The van der Waals surface area contributed by atoms with E-state index in [0.29, 0.717) is 0 Å². The third kappa shape index (κ3) is 3.78. The lowest BCUT2D eigenvalue weighted by Gasteiger charge is -2.07. The van der Waals surface area contributed by atoms with Crippen LogP contribution in [0.4, 0.5) is 4.79 Å². The number of nitrogens with one attached hydrogen (secondary N) is 1. The number of carbonyl (C=O) groups is 3. The summed E-state index contributed by atoms with van der Waals surface area (Å²) in [6.07, 6.45) is 1.28. The van der Waals surface area contributed by atoms with Crippen molar-refractivity contribution in [2.45, 2.75) is 0 Å². The van der Waals surface area contributed by atoms with Crippen molar-refractivity contribution >= 4 is 17.9 Å². The van der Waals surface area contributed by atoms with Crippen LogP contribution >= 0.6 is 0 Å². The summed E-state index contributed by atoms with van der Waals surface area (Å²) in [6.45, 7) is -0.533. The van der Waals surface area contributed by atoms with E-state index in [4.69, 9.17) is 15.6 Å². The number of urea groups is 1. The first-order valence-electron chi connectivity index (χ1n) is 4.41. The summed E-state index contributed by atoms with van der Waals surface area (Å²) in [4.78, 5) is 35.6. The molecule has 0 fully saturated rings. The van der Waals surface area contributed by atoms with Crippen LogP contribution in [0.15, 0.2) is 18.3 Å². The van der Waals surface area contributed by atoms with Gasteiger partial charge in [0.2, 0.25) is 0 Å². The fourth-order valence-electron chi connectivity index (χ4n) is 0.984. The van der Waals surface area contributed by atoms with Crippen LogP contribution in [-0.4, -0.2) is 34.6 Å². The monoisotopic (exact) mass is 239 g/mol. The highest BCUT2D eigenvalue weighted by Crippen LogP contribution is 2.14. The van der Waals surface area contributed by atoms with Crippen molar-refractivity contribution < 1.29 is 24.2 Å². The molecule has 0 radical (unpaired) electrons. The maximum absolute atomic E-state index is 11.0. The number of carboxylic acid groups (broad SMARTS) is 1. The molecule has 0 aromatic carbocycles. The van der Waals surface area contributed by atoms with Gasteiger partial charge < -0.3 is 15.6 Å². The first kappa shape index (κ1) is 12.4. The number of aromatic carboxylic acids is 1. The minimum absolute atomic E-state index is 0.0698. The van der Waals surface area contributed by atoms with Crippen molar-refractivity contribution in [3.63, 3.8) is 0 Å². The second-order valence-electron chi connectivity index (χ2n) is 2.86. The fraction of sp³-hybridized carbons (Fsp3) is 0.111. The van der Waals surface area contributed by atoms with Crippen molar-refractivity contribution in [2.24, 2.45) is 5.73 Å². The summed E-state index contributed by atoms with van der Waals surface area (Å²) in [5, 5.41) is 10.5. The Balaban J connectivity index is 2.66. The molecule has 0 saturated carbocycles. The molecule has 0 saturated heterocycles. The van der Waals surface area contributed by atoms with Crippen LogP contribution < -0.4 is 15.8 Å². The van der Waals surface area contributed by atoms with Gasteiger partial charge in [-0.25, -0.2) is 14.6 Å². The van der Waals surface area contributed by atoms with E-state index in [1.807, 2.05) is 0 Å². The van der Waals surface area contributed by atoms with Gasteiger partial charge >= 0.3 is 12.0 Å². The number of primary amides is 1. The summed E-state index contributed by atoms with van der Waals surface area (Å²) < 4.78 is 4.90. The van der Waals surface area contributed by atoms with Crippen LogP contribution in [-0.2, 0) is 4.79 Å². The molecule has 17 heavy (non-hydrogen) atoms. The number of hydrogen-bond acceptors (Lipinski definition) is 5. The van der Waals surface area contributed by atoms with Crippen molar-refractivity contribution in [1.82, 2.24) is 10.3 Å². The third-order valence-electron chi connectivity index (χ3n) is 1.59. The number of amides is 3. The SMILES string of the molecule is NC(=O)NC(=O)COc1cccnc1C(=O)O. The second-order valence-corrected chi connectivity index (χ2v) is 2.86. The highest BCUT2D eigenvalue weighted by Gasteiger charge is 2.13. The van der Waals surface area contributed by atoms with Crippen LogP contribution in [0, 0.1) is 0 Å². The van der Waals surface area contributed by atoms with E-state index in [1.54, 1.807) is 5.32 Å². The lowest BCUT2D eigenvalue weighted by atomic mass is 10.3. The molecule has 1 aromatic heterocycles. The molecule has 0 aliphatic heterocycles. The Labute approximate surface area is 95.4 Å². The molecule has 3 amide bonds. The maximum Gasteiger partial charge on any atom is 0.358 e. The predicted molar refractivity (Wildman–Crippen MR) is 54.4 cm³/mol. The van der Waals surface area contributed by atoms with Gasteiger partial charge in [0.25, 0.3) is 5.91 Å². The van der Waals surface area contributed by atoms with Crippen LogP contribution in [0.25, 0.3) is 0 Å². The lowest BCUT2D eigenvalue weighted by molar-refractivity contribution is -0.121. The average Bonchev–Trinajstić information content (AvgIpc) is 2.25. The zero-order valence-electron chi connectivity index (χ0n) is 8.54. The van der Waals surface area contributed by atoms with E-state index in [1.165, 1.54) is 18.3 Å². The first-order valence-corrected chi connectivity index (χ1v) is 4.41. The van der Waals surface area contributed by atoms with Crippen LogP contribution in [0.1, 0.15) is 10.5 Å². The Morgan fingerprint density at radius 1 is 1.47 bits per heavy atom. The van der Waals surface area contributed by atoms with Crippen molar-refractivity contribution in [3.05, 3.63) is 24.0 Å². The minimum Gasteiger partial charge on any atom is -0.481 e. The number of imide groups is 1. The highest BCUT2D eigenvalue weighted by molar-refractivity contribution is 5.94. The normalized spacial score (nSPS) is 9.41. The number of carbonyl (C=O) groups excluding carboxylic acids is 2. The molecule has 0 atom stereocenters. The number of rotatable bonds is 4. The Kier molecular flexibility index (Phi) is 3.98. The summed E-state index contributed by atoms with van der Waals surface area (Å²) in [5.74, 6) is -2.13. The number of hydrogen-bond donors (Lipinski definition) is 3. The maximum atomic E-state index is 11.0. The van der Waals surface area contributed by atoms with Gasteiger partial charge in [-0.3, -0.25) is 10.1 Å². The molecule has 0 aliphatic carbocycles. The van der Waals surface area contributed by atoms with E-state index >= 15 is 0 Å². The van der Waals surface area contributed by atoms with Crippen molar-refractivity contribution in [1.29, 1.82) is 0 Å². The number of ether oxygens (including phenoxy) is 1. The first-order chi connectivity index (χ1) is 8.00. The van der Waals surface area contributed by atoms with Gasteiger partial charge in [-0.05, 0) is 12.1 Å². The smallest absolute Gasteiger partial charge is 0.358 e. The topological polar surface area (TPSA) is 132 Å². The second kappa shape index (κ2) is 5.45. The molecule has 1 rings (SSSR count). The molecule has 4 N–H and O–H groups in total. The Morgan fingerprint density at radius 2 is 2.18 bits per heavy atom. The number of carboxylic acids is 1. The van der Waals surface area contributed by atoms with Crippen molar-refractivity contribution in [2.75, 3.05) is 6.61 Å². The molecule has 8 heteroatoms. The van der Waals surface area contributed by atoms with Gasteiger partial charge in [-0.1, -0.05) is 0 Å². The highest BCUT2D eigenvalue weighted by atomic mass is 16.5. The van der Waals surface area contributed by atoms with E-state index in [-0.39, 0.29) is 11.4 Å². The number of nitrogens with two attached hydrogens (primary N) is 1.